The second-order valence-corrected chi connectivity index (χ2v) is 11.1. The van der Waals surface area contributed by atoms with Crippen molar-refractivity contribution < 1.29 is 23.9 Å². The lowest BCUT2D eigenvalue weighted by molar-refractivity contribution is -0.127. The first-order valence-electron chi connectivity index (χ1n) is 14.0. The molecule has 0 unspecified atom stereocenters. The average Bonchev–Trinajstić information content (AvgIpc) is 3.45. The summed E-state index contributed by atoms with van der Waals surface area (Å²) in [6.07, 6.45) is 5.94. The van der Waals surface area contributed by atoms with Gasteiger partial charge in [0, 0.05) is 36.8 Å². The number of nitrogens with zero attached hydrogens (tertiary/aromatic N) is 3. The van der Waals surface area contributed by atoms with Crippen LogP contribution in [0, 0.1) is 6.92 Å². The minimum Gasteiger partial charge on any atom is -0.501 e. The van der Waals surface area contributed by atoms with Gasteiger partial charge in [-0.05, 0) is 74.7 Å². The van der Waals surface area contributed by atoms with Crippen molar-refractivity contribution in [2.45, 2.75) is 32.7 Å². The van der Waals surface area contributed by atoms with Crippen LogP contribution in [-0.2, 0) is 9.53 Å². The van der Waals surface area contributed by atoms with Crippen molar-refractivity contribution in [2.75, 3.05) is 24.6 Å². The van der Waals surface area contributed by atoms with E-state index in [0.29, 0.717) is 57.7 Å². The molecule has 0 aliphatic carbocycles. The van der Waals surface area contributed by atoms with Crippen LogP contribution in [0.4, 0.5) is 16.2 Å². The number of primary amides is 1. The monoisotopic (exact) mass is 599 g/mol. The topological polar surface area (TPSA) is 127 Å². The highest BCUT2D eigenvalue weighted by atomic mass is 32.1. The SMILES string of the molecule is CCO/C=C/C(=O)N1CCC[C@@H](NC(=O)c2cc3c(N(C(N)=O)c4ccc(Oc5ccccc5)cc4C)ccnc3s2)C1. The number of hydrogen-bond donors (Lipinski definition) is 2. The van der Waals surface area contributed by atoms with Crippen LogP contribution in [0.3, 0.4) is 0 Å². The summed E-state index contributed by atoms with van der Waals surface area (Å²) >= 11 is 1.23. The van der Waals surface area contributed by atoms with Crippen molar-refractivity contribution in [3.05, 3.63) is 89.6 Å². The van der Waals surface area contributed by atoms with Gasteiger partial charge in [0.05, 0.1) is 29.1 Å². The Bertz CT molecular complexity index is 1650. The third-order valence-corrected chi connectivity index (χ3v) is 8.07. The molecule has 0 bridgehead atoms. The van der Waals surface area contributed by atoms with E-state index >= 15 is 0 Å². The lowest BCUT2D eigenvalue weighted by Gasteiger charge is -2.32. The van der Waals surface area contributed by atoms with E-state index in [0.717, 1.165) is 18.4 Å². The molecule has 1 atom stereocenters. The number of anilines is 2. The molecule has 2 aromatic carbocycles. The zero-order valence-corrected chi connectivity index (χ0v) is 24.8. The van der Waals surface area contributed by atoms with Crippen molar-refractivity contribution in [1.29, 1.82) is 0 Å². The number of urea groups is 1. The number of piperidine rings is 1. The largest absolute Gasteiger partial charge is 0.501 e. The number of rotatable bonds is 9. The van der Waals surface area contributed by atoms with Crippen LogP contribution in [0.15, 0.2) is 79.2 Å². The molecular weight excluding hydrogens is 566 g/mol. The molecule has 11 heteroatoms. The Morgan fingerprint density at radius 1 is 1.12 bits per heavy atom. The van der Waals surface area contributed by atoms with Crippen molar-refractivity contribution in [3.63, 3.8) is 0 Å². The van der Waals surface area contributed by atoms with Crippen LogP contribution < -0.4 is 20.7 Å². The summed E-state index contributed by atoms with van der Waals surface area (Å²) in [5, 5.41) is 3.69. The molecule has 5 rings (SSSR count). The number of fused-ring (bicyclic) bond motifs is 1. The van der Waals surface area contributed by atoms with Crippen molar-refractivity contribution in [3.8, 4) is 11.5 Å². The lowest BCUT2D eigenvalue weighted by Crippen LogP contribution is -2.49. The van der Waals surface area contributed by atoms with Gasteiger partial charge in [-0.15, -0.1) is 11.3 Å². The molecule has 0 radical (unpaired) electrons. The molecule has 1 aliphatic heterocycles. The van der Waals surface area contributed by atoms with E-state index in [1.807, 2.05) is 50.2 Å². The van der Waals surface area contributed by atoms with Gasteiger partial charge in [0.25, 0.3) is 5.91 Å². The standard InChI is InChI=1S/C32H33N5O5S/c1-3-41-17-14-29(38)36-16-7-8-22(20-36)35-30(39)28-19-25-27(13-15-34-31(25)43-28)37(32(33)40)26-12-11-24(18-21(26)2)42-23-9-5-4-6-10-23/h4-6,9-15,17-19,22H,3,7-8,16,20H2,1-2H3,(H2,33,40)(H,35,39)/b17-14+/t22-/m1/s1. The fourth-order valence-corrected chi connectivity index (χ4v) is 5.95. The van der Waals surface area contributed by atoms with Crippen LogP contribution in [0.2, 0.25) is 0 Å². The Labute approximate surface area is 253 Å². The molecule has 3 N–H and O–H groups in total. The predicted octanol–water partition coefficient (Wildman–Crippen LogP) is 5.88. The van der Waals surface area contributed by atoms with Gasteiger partial charge in [0.1, 0.15) is 16.3 Å². The Morgan fingerprint density at radius 3 is 2.67 bits per heavy atom. The first kappa shape index (κ1) is 29.6. The van der Waals surface area contributed by atoms with Gasteiger partial charge < -0.3 is 25.4 Å². The maximum atomic E-state index is 13.3. The maximum Gasteiger partial charge on any atom is 0.323 e. The van der Waals surface area contributed by atoms with Gasteiger partial charge in [0.2, 0.25) is 5.91 Å². The summed E-state index contributed by atoms with van der Waals surface area (Å²) in [6.45, 7) is 5.24. The molecule has 2 aromatic heterocycles. The summed E-state index contributed by atoms with van der Waals surface area (Å²) in [5.41, 5.74) is 7.78. The van der Waals surface area contributed by atoms with Gasteiger partial charge in [-0.1, -0.05) is 18.2 Å². The van der Waals surface area contributed by atoms with Gasteiger partial charge >= 0.3 is 6.03 Å². The number of benzene rings is 2. The molecule has 222 valence electrons. The van der Waals surface area contributed by atoms with Crippen LogP contribution in [0.5, 0.6) is 11.5 Å². The van der Waals surface area contributed by atoms with E-state index in [-0.39, 0.29) is 17.9 Å². The third kappa shape index (κ3) is 6.95. The number of thiophene rings is 1. The number of nitrogens with two attached hydrogens (primary N) is 1. The van der Waals surface area contributed by atoms with Crippen LogP contribution in [0.1, 0.15) is 35.0 Å². The van der Waals surface area contributed by atoms with Gasteiger partial charge in [-0.2, -0.15) is 0 Å². The van der Waals surface area contributed by atoms with E-state index in [1.54, 1.807) is 35.4 Å². The van der Waals surface area contributed by atoms with Gasteiger partial charge in [-0.3, -0.25) is 14.5 Å². The van der Waals surface area contributed by atoms with Gasteiger partial charge in [0.15, 0.2) is 0 Å². The number of carbonyl (C=O) groups excluding carboxylic acids is 3. The average molecular weight is 600 g/mol. The number of ether oxygens (including phenoxy) is 2. The van der Waals surface area contributed by atoms with E-state index in [2.05, 4.69) is 10.3 Å². The predicted molar refractivity (Wildman–Crippen MR) is 167 cm³/mol. The number of aryl methyl sites for hydroxylation is 1. The van der Waals surface area contributed by atoms with Crippen molar-refractivity contribution >= 4 is 50.8 Å². The molecule has 4 amide bonds. The van der Waals surface area contributed by atoms with E-state index < -0.39 is 6.03 Å². The second-order valence-electron chi connectivity index (χ2n) is 10.1. The van der Waals surface area contributed by atoms with Gasteiger partial charge in [-0.25, -0.2) is 9.78 Å². The molecule has 1 fully saturated rings. The molecule has 10 nitrogen and oxygen atoms in total. The Kier molecular flexibility index (Phi) is 9.21. The zero-order valence-electron chi connectivity index (χ0n) is 24.0. The van der Waals surface area contributed by atoms with E-state index in [1.165, 1.54) is 28.6 Å². The molecule has 3 heterocycles. The number of hydrogen-bond acceptors (Lipinski definition) is 7. The first-order valence-corrected chi connectivity index (χ1v) is 14.8. The third-order valence-electron chi connectivity index (χ3n) is 7.03. The maximum absolute atomic E-state index is 13.3. The fourth-order valence-electron chi connectivity index (χ4n) is 5.03. The molecule has 1 aliphatic rings. The minimum atomic E-state index is -0.671. The van der Waals surface area contributed by atoms with E-state index in [9.17, 15) is 14.4 Å². The molecule has 0 saturated carbocycles. The summed E-state index contributed by atoms with van der Waals surface area (Å²) in [5.74, 6) is 0.915. The quantitative estimate of drug-likeness (QED) is 0.183. The summed E-state index contributed by atoms with van der Waals surface area (Å²) in [6, 6.07) is 17.4. The Morgan fingerprint density at radius 2 is 1.93 bits per heavy atom. The molecule has 4 aromatic rings. The van der Waals surface area contributed by atoms with Crippen molar-refractivity contribution in [1.82, 2.24) is 15.2 Å². The Balaban J connectivity index is 1.35. The van der Waals surface area contributed by atoms with Crippen LogP contribution in [-0.4, -0.2) is 53.5 Å². The highest BCUT2D eigenvalue weighted by molar-refractivity contribution is 7.20. The van der Waals surface area contributed by atoms with E-state index in [4.69, 9.17) is 15.2 Å². The number of nitrogens with one attached hydrogen (secondary N) is 1. The molecular formula is C32H33N5O5S. The first-order chi connectivity index (χ1) is 20.8. The highest BCUT2D eigenvalue weighted by Gasteiger charge is 2.26. The lowest BCUT2D eigenvalue weighted by atomic mass is 10.1. The molecule has 0 spiro atoms. The summed E-state index contributed by atoms with van der Waals surface area (Å²) in [4.78, 5) is 47.2. The number of pyridine rings is 1. The number of amides is 4. The second kappa shape index (κ2) is 13.4. The molecule has 1 saturated heterocycles. The van der Waals surface area contributed by atoms with Crippen LogP contribution in [0.25, 0.3) is 10.2 Å². The van der Waals surface area contributed by atoms with Crippen LogP contribution >= 0.6 is 11.3 Å². The number of aromatic nitrogens is 1. The number of carbonyl (C=O) groups is 3. The van der Waals surface area contributed by atoms with Crippen molar-refractivity contribution in [2.24, 2.45) is 5.73 Å². The normalized spacial score (nSPS) is 14.9. The number of likely N-dealkylation sites (tertiary alicyclic amines) is 1. The zero-order chi connectivity index (χ0) is 30.3. The number of para-hydroxylation sites is 1. The fraction of sp³-hybridized carbons (Fsp3) is 0.250. The minimum absolute atomic E-state index is 0.149. The molecule has 43 heavy (non-hydrogen) atoms. The highest BCUT2D eigenvalue weighted by Crippen LogP contribution is 2.38. The smallest absolute Gasteiger partial charge is 0.323 e. The summed E-state index contributed by atoms with van der Waals surface area (Å²) < 4.78 is 11.1. The summed E-state index contributed by atoms with van der Waals surface area (Å²) in [7, 11) is 0. The Hall–Kier alpha value is -4.90.